The predicted molar refractivity (Wildman–Crippen MR) is 72.5 cm³/mol. The van der Waals surface area contributed by atoms with Crippen LogP contribution in [-0.2, 0) is 30.0 Å². The van der Waals surface area contributed by atoms with Gasteiger partial charge in [-0.1, -0.05) is 42.5 Å². The summed E-state index contributed by atoms with van der Waals surface area (Å²) in [5, 5.41) is 9.51. The summed E-state index contributed by atoms with van der Waals surface area (Å²) in [6, 6.07) is 9.53. The van der Waals surface area contributed by atoms with Crippen molar-refractivity contribution in [2.24, 2.45) is 0 Å². The van der Waals surface area contributed by atoms with Crippen LogP contribution in [-0.4, -0.2) is 15.0 Å². The molecule has 0 spiro atoms. The molecule has 0 unspecified atom stereocenters. The number of thiocarbonyl (C=S) groups is 1. The quantitative estimate of drug-likeness (QED) is 0.662. The van der Waals surface area contributed by atoms with Gasteiger partial charge < -0.3 is 5.11 Å². The maximum Gasteiger partial charge on any atom is 0.118 e. The van der Waals surface area contributed by atoms with Gasteiger partial charge in [0, 0.05) is 11.3 Å². The second-order valence-electron chi connectivity index (χ2n) is 2.59. The van der Waals surface area contributed by atoms with Crippen LogP contribution in [0.15, 0.2) is 30.3 Å². The third-order valence-electron chi connectivity index (χ3n) is 1.60. The van der Waals surface area contributed by atoms with E-state index in [4.69, 9.17) is 34.6 Å². The largest absolute Gasteiger partial charge is 0.354 e. The first kappa shape index (κ1) is 11.9. The highest BCUT2D eigenvalue weighted by atomic mass is 33.1. The van der Waals surface area contributed by atoms with E-state index >= 15 is 0 Å². The van der Waals surface area contributed by atoms with E-state index in [-0.39, 0.29) is 5.05 Å². The predicted octanol–water partition coefficient (Wildman–Crippen LogP) is 2.02. The maximum absolute atomic E-state index is 9.39. The first-order chi connectivity index (χ1) is 6.61. The summed E-state index contributed by atoms with van der Waals surface area (Å²) in [5.74, 6) is 0. The Morgan fingerprint density at radius 3 is 2.29 bits per heavy atom. The van der Waals surface area contributed by atoms with Crippen LogP contribution >= 0.6 is 12.2 Å². The molecule has 0 aliphatic rings. The number of benzene rings is 1. The SMILES string of the molecule is OC(CC(=S)c1ccccc1)=S(=S)=S. The molecule has 0 bridgehead atoms. The average Bonchev–Trinajstić information content (AvgIpc) is 2.19. The number of rotatable bonds is 3. The van der Waals surface area contributed by atoms with Crippen LogP contribution in [0.1, 0.15) is 12.0 Å². The molecular formula is C9H8OS4. The topological polar surface area (TPSA) is 20.2 Å². The fourth-order valence-electron chi connectivity index (χ4n) is 0.922. The number of hydrogen-bond donors (Lipinski definition) is 1. The van der Waals surface area contributed by atoms with Gasteiger partial charge in [0.2, 0.25) is 0 Å². The zero-order valence-corrected chi connectivity index (χ0v) is 10.4. The Balaban J connectivity index is 2.85. The average molecular weight is 260 g/mol. The summed E-state index contributed by atoms with van der Waals surface area (Å²) in [6.45, 7) is 0. The first-order valence-corrected chi connectivity index (χ1v) is 7.32. The lowest BCUT2D eigenvalue weighted by Crippen LogP contribution is -2.06. The van der Waals surface area contributed by atoms with E-state index in [1.165, 1.54) is 0 Å². The number of aliphatic hydroxyl groups is 1. The van der Waals surface area contributed by atoms with E-state index in [2.05, 4.69) is 0 Å². The van der Waals surface area contributed by atoms with Gasteiger partial charge in [0.1, 0.15) is 5.05 Å². The Labute approximate surface area is 99.2 Å². The van der Waals surface area contributed by atoms with Gasteiger partial charge >= 0.3 is 0 Å². The third kappa shape index (κ3) is 3.51. The van der Waals surface area contributed by atoms with E-state index in [9.17, 15) is 5.11 Å². The van der Waals surface area contributed by atoms with Gasteiger partial charge in [-0.3, -0.25) is 0 Å². The molecule has 0 heterocycles. The summed E-state index contributed by atoms with van der Waals surface area (Å²) >= 11 is 14.7. The molecule has 0 radical (unpaired) electrons. The molecule has 0 atom stereocenters. The number of aliphatic hydroxyl groups excluding tert-OH is 1. The molecule has 0 amide bonds. The molecule has 14 heavy (non-hydrogen) atoms. The van der Waals surface area contributed by atoms with Crippen molar-refractivity contribution in [3.63, 3.8) is 0 Å². The summed E-state index contributed by atoms with van der Waals surface area (Å²) in [6.07, 6.45) is 0.301. The van der Waals surface area contributed by atoms with Crippen LogP contribution in [0.4, 0.5) is 0 Å². The Bertz CT molecular complexity index is 451. The van der Waals surface area contributed by atoms with Crippen LogP contribution < -0.4 is 0 Å². The van der Waals surface area contributed by atoms with E-state index < -0.39 is 7.60 Å². The molecular weight excluding hydrogens is 252 g/mol. The van der Waals surface area contributed by atoms with Crippen molar-refractivity contribution in [1.29, 1.82) is 0 Å². The molecule has 1 nitrogen and oxygen atoms in total. The molecule has 1 rings (SSSR count). The van der Waals surface area contributed by atoms with Crippen LogP contribution in [0.5, 0.6) is 0 Å². The van der Waals surface area contributed by atoms with E-state index in [0.717, 1.165) is 5.56 Å². The van der Waals surface area contributed by atoms with E-state index in [0.29, 0.717) is 11.3 Å². The normalized spacial score (nSPS) is 9.50. The third-order valence-corrected chi connectivity index (χ3v) is 3.66. The highest BCUT2D eigenvalue weighted by Crippen LogP contribution is 2.04. The molecule has 0 aliphatic carbocycles. The molecule has 1 aromatic rings. The second kappa shape index (κ2) is 5.63. The van der Waals surface area contributed by atoms with Crippen LogP contribution in [0, 0.1) is 0 Å². The van der Waals surface area contributed by atoms with E-state index in [1.807, 2.05) is 30.3 Å². The summed E-state index contributed by atoms with van der Waals surface area (Å²) in [4.78, 5) is 0.676. The van der Waals surface area contributed by atoms with Gasteiger partial charge in [0.05, 0.1) is 0 Å². The Morgan fingerprint density at radius 2 is 1.79 bits per heavy atom. The summed E-state index contributed by atoms with van der Waals surface area (Å²) < 4.78 is 0. The van der Waals surface area contributed by atoms with Gasteiger partial charge in [0.15, 0.2) is 0 Å². The van der Waals surface area contributed by atoms with Crippen molar-refractivity contribution < 1.29 is 5.11 Å². The Morgan fingerprint density at radius 1 is 1.21 bits per heavy atom. The minimum Gasteiger partial charge on any atom is -0.354 e. The molecule has 74 valence electrons. The Kier molecular flexibility index (Phi) is 4.77. The van der Waals surface area contributed by atoms with Crippen molar-refractivity contribution in [3.05, 3.63) is 35.9 Å². The van der Waals surface area contributed by atoms with Crippen molar-refractivity contribution in [3.8, 4) is 0 Å². The zero-order chi connectivity index (χ0) is 10.6. The van der Waals surface area contributed by atoms with Crippen molar-refractivity contribution in [2.75, 3.05) is 0 Å². The molecule has 0 saturated carbocycles. The second-order valence-corrected chi connectivity index (χ2v) is 6.66. The summed E-state index contributed by atoms with van der Waals surface area (Å²) in [7, 11) is -0.903. The van der Waals surface area contributed by atoms with Gasteiger partial charge in [0.25, 0.3) is 0 Å². The van der Waals surface area contributed by atoms with Crippen molar-refractivity contribution in [2.45, 2.75) is 6.42 Å². The maximum atomic E-state index is 9.39. The van der Waals surface area contributed by atoms with Crippen LogP contribution in [0.25, 0.3) is 0 Å². The van der Waals surface area contributed by atoms with Gasteiger partial charge in [-0.2, -0.15) is 0 Å². The smallest absolute Gasteiger partial charge is 0.118 e. The van der Waals surface area contributed by atoms with Gasteiger partial charge in [-0.25, -0.2) is 0 Å². The standard InChI is InChI=1S/C9H8OS4/c10-9(14(12)13)6-8(11)7-4-2-1-3-5-7/h1-5,10H,6H2. The molecule has 0 saturated heterocycles. The molecule has 0 aromatic heterocycles. The Hall–Kier alpha value is -0.200. The molecule has 0 aliphatic heterocycles. The molecule has 5 heteroatoms. The lowest BCUT2D eigenvalue weighted by Gasteiger charge is -2.01. The zero-order valence-electron chi connectivity index (χ0n) is 7.17. The lowest BCUT2D eigenvalue weighted by molar-refractivity contribution is 0.560. The van der Waals surface area contributed by atoms with Crippen molar-refractivity contribution >= 4 is 52.1 Å². The molecule has 1 N–H and O–H groups in total. The fourth-order valence-corrected chi connectivity index (χ4v) is 1.90. The minimum atomic E-state index is -0.903. The molecule has 1 aromatic carbocycles. The van der Waals surface area contributed by atoms with E-state index in [1.54, 1.807) is 0 Å². The first-order valence-electron chi connectivity index (χ1n) is 3.83. The van der Waals surface area contributed by atoms with Crippen LogP contribution in [0.3, 0.4) is 0 Å². The van der Waals surface area contributed by atoms with Gasteiger partial charge in [-0.15, -0.1) is 0 Å². The highest BCUT2D eigenvalue weighted by molar-refractivity contribution is 8.45. The lowest BCUT2D eigenvalue weighted by atomic mass is 10.1. The van der Waals surface area contributed by atoms with Gasteiger partial charge in [-0.05, 0) is 35.5 Å². The van der Waals surface area contributed by atoms with Crippen LogP contribution in [0.2, 0.25) is 0 Å². The fraction of sp³-hybridized carbons (Fsp3) is 0.111. The highest BCUT2D eigenvalue weighted by Gasteiger charge is 2.02. The minimum absolute atomic E-state index is 0.115. The summed E-state index contributed by atoms with van der Waals surface area (Å²) in [5.41, 5.74) is 0.935. The van der Waals surface area contributed by atoms with Crippen molar-refractivity contribution in [1.82, 2.24) is 0 Å². The monoisotopic (exact) mass is 260 g/mol. The molecule has 0 fully saturated rings. The number of hydrogen-bond acceptors (Lipinski definition) is 3.